The molecule has 4 aromatic carbocycles. The Kier molecular flexibility index (Phi) is 16.5. The lowest BCUT2D eigenvalue weighted by atomic mass is 9.88. The van der Waals surface area contributed by atoms with Crippen LogP contribution >= 0.6 is 0 Å². The van der Waals surface area contributed by atoms with Crippen molar-refractivity contribution in [2.24, 2.45) is 17.6 Å². The maximum Gasteiger partial charge on any atom is 0.226 e. The zero-order valence-electron chi connectivity index (χ0n) is 36.0. The number of nitrogens with one attached hydrogen (secondary N) is 1. The van der Waals surface area contributed by atoms with Crippen LogP contribution in [0.15, 0.2) is 84.9 Å². The number of ketones is 3. The topological polar surface area (TPSA) is 169 Å². The van der Waals surface area contributed by atoms with Gasteiger partial charge in [-0.3, -0.25) is 24.0 Å². The molecule has 3 N–H and O–H groups in total. The number of benzene rings is 4. The van der Waals surface area contributed by atoms with E-state index in [0.29, 0.717) is 53.1 Å². The number of methoxy groups -OCH3 is 2. The van der Waals surface area contributed by atoms with Crippen molar-refractivity contribution in [3.63, 3.8) is 0 Å². The number of fused-ring (bicyclic) bond motifs is 5. The van der Waals surface area contributed by atoms with Gasteiger partial charge in [-0.2, -0.15) is 5.26 Å². The number of Topliss-reactive ketones (excluding diaryl/α,β-unsaturated/α-hetero) is 3. The fourth-order valence-electron chi connectivity index (χ4n) is 8.01. The summed E-state index contributed by atoms with van der Waals surface area (Å²) >= 11 is 0. The second-order valence-corrected chi connectivity index (χ2v) is 15.9. The maximum atomic E-state index is 14.7. The Morgan fingerprint density at radius 1 is 0.885 bits per heavy atom. The number of nitriles is 1. The minimum Gasteiger partial charge on any atom is -0.496 e. The van der Waals surface area contributed by atoms with E-state index in [0.717, 1.165) is 36.0 Å². The highest BCUT2D eigenvalue weighted by Crippen LogP contribution is 2.40. The van der Waals surface area contributed by atoms with E-state index in [1.54, 1.807) is 50.4 Å². The van der Waals surface area contributed by atoms with Crippen LogP contribution in [0.3, 0.4) is 0 Å². The summed E-state index contributed by atoms with van der Waals surface area (Å²) in [4.78, 5) is 71.6. The molecule has 0 saturated heterocycles. The van der Waals surface area contributed by atoms with Crippen LogP contribution in [-0.2, 0) is 32.0 Å². The van der Waals surface area contributed by atoms with Crippen LogP contribution in [0.25, 0.3) is 22.3 Å². The average molecular weight is 827 g/mol. The largest absolute Gasteiger partial charge is 0.496 e. The van der Waals surface area contributed by atoms with Crippen molar-refractivity contribution in [3.8, 4) is 39.8 Å². The summed E-state index contributed by atoms with van der Waals surface area (Å²) in [7, 11) is 4.62. The van der Waals surface area contributed by atoms with E-state index in [1.807, 2.05) is 30.3 Å². The van der Waals surface area contributed by atoms with E-state index < -0.39 is 41.5 Å². The molecular weight excluding hydrogens is 769 g/mol. The Bertz CT molecular complexity index is 2230. The van der Waals surface area contributed by atoms with Gasteiger partial charge >= 0.3 is 0 Å². The van der Waals surface area contributed by atoms with Crippen molar-refractivity contribution in [2.75, 3.05) is 27.8 Å². The Morgan fingerprint density at radius 2 is 1.52 bits per heavy atom. The highest BCUT2D eigenvalue weighted by atomic mass is 16.5. The van der Waals surface area contributed by atoms with E-state index >= 15 is 0 Å². The van der Waals surface area contributed by atoms with Crippen LogP contribution in [0.2, 0.25) is 0 Å². The van der Waals surface area contributed by atoms with Gasteiger partial charge in [0, 0.05) is 61.3 Å². The molecule has 1 aliphatic rings. The molecule has 5 rings (SSSR count). The van der Waals surface area contributed by atoms with E-state index in [4.69, 9.17) is 15.2 Å². The lowest BCUT2D eigenvalue weighted by Gasteiger charge is -2.32. The standard InChI is InChI=1S/C50H58N4O7/c1-6-7-10-33-13-16-35(17-14-33)36-18-20-37(21-19-36)44(56)31-39(11-8-25-51)50(59)54(3)48-38-22-24-47(61-5)41(30-38)40-28-34(15-23-46(40)60-4)29-42(43(55)12-9-26-52)53-49(58)32(2)27-45(48)57/h13-24,28,30,32,39,42,48H,6-12,25,27,29,31,51H2,1-5H3,(H,53,58)/t32-,39-,42+,48+/m1/s1. The minimum atomic E-state index is -1.15. The van der Waals surface area contributed by atoms with Crippen molar-refractivity contribution >= 4 is 29.2 Å². The number of rotatable bonds is 17. The number of amides is 2. The third kappa shape index (κ3) is 11.6. The number of likely N-dealkylation sites (N-methyl/N-ethyl adjacent to an activating group) is 1. The smallest absolute Gasteiger partial charge is 0.226 e. The Balaban J connectivity index is 1.49. The minimum absolute atomic E-state index is 0.00249. The number of unbranched alkanes of at least 4 members (excludes halogenated alkanes) is 1. The quantitative estimate of drug-likeness (QED) is 0.100. The zero-order chi connectivity index (χ0) is 44.1. The Morgan fingerprint density at radius 3 is 2.15 bits per heavy atom. The fourth-order valence-corrected chi connectivity index (χ4v) is 8.01. The van der Waals surface area contributed by atoms with Crippen LogP contribution in [0.1, 0.15) is 98.3 Å². The number of nitrogens with two attached hydrogens (primary N) is 1. The van der Waals surface area contributed by atoms with Gasteiger partial charge < -0.3 is 25.4 Å². The van der Waals surface area contributed by atoms with E-state index in [1.165, 1.54) is 24.7 Å². The molecule has 4 bridgehead atoms. The molecule has 4 atom stereocenters. The maximum absolute atomic E-state index is 14.7. The predicted octanol–water partition coefficient (Wildman–Crippen LogP) is 8.02. The molecule has 1 aliphatic heterocycles. The highest BCUT2D eigenvalue weighted by Gasteiger charge is 2.36. The molecule has 11 nitrogen and oxygen atoms in total. The SMILES string of the molecule is CCCCc1ccc(-c2ccc(C(=O)C[C@@H](CCCN)C(=O)N(C)[C@@H]3C(=O)C[C@@H](C)C(=O)N[C@H](C(=O)CCC#N)Cc4ccc(OC)c(c4)-c4cc3ccc4OC)cc2)cc1. The molecule has 0 unspecified atom stereocenters. The van der Waals surface area contributed by atoms with Crippen LogP contribution in [-0.4, -0.2) is 67.9 Å². The molecule has 1 heterocycles. The van der Waals surface area contributed by atoms with Crippen LogP contribution in [0.4, 0.5) is 0 Å². The third-order valence-corrected chi connectivity index (χ3v) is 11.6. The Hall–Kier alpha value is -6.12. The van der Waals surface area contributed by atoms with E-state index in [2.05, 4.69) is 36.5 Å². The third-order valence-electron chi connectivity index (χ3n) is 11.6. The van der Waals surface area contributed by atoms with Crippen LogP contribution in [0, 0.1) is 23.2 Å². The number of aryl methyl sites for hydroxylation is 1. The van der Waals surface area contributed by atoms with Crippen molar-refractivity contribution in [3.05, 3.63) is 107 Å². The number of carbonyl (C=O) groups is 5. The highest BCUT2D eigenvalue weighted by molar-refractivity contribution is 6.00. The van der Waals surface area contributed by atoms with Gasteiger partial charge in [0.25, 0.3) is 0 Å². The first kappa shape index (κ1) is 46.0. The molecule has 0 aromatic heterocycles. The van der Waals surface area contributed by atoms with Gasteiger partial charge in [0.1, 0.15) is 17.5 Å². The van der Waals surface area contributed by atoms with Gasteiger partial charge in [-0.05, 0) is 90.7 Å². The summed E-state index contributed by atoms with van der Waals surface area (Å²) in [5.41, 5.74) is 12.1. The fraction of sp³-hybridized carbons (Fsp3) is 0.400. The van der Waals surface area contributed by atoms with E-state index in [-0.39, 0.29) is 43.7 Å². The lowest BCUT2D eigenvalue weighted by Crippen LogP contribution is -2.45. The molecule has 4 aromatic rings. The van der Waals surface area contributed by atoms with Gasteiger partial charge in [-0.1, -0.05) is 80.9 Å². The summed E-state index contributed by atoms with van der Waals surface area (Å²) in [5, 5.41) is 12.0. The molecule has 2 amide bonds. The van der Waals surface area contributed by atoms with Crippen LogP contribution in [0.5, 0.6) is 11.5 Å². The monoisotopic (exact) mass is 826 g/mol. The summed E-state index contributed by atoms with van der Waals surface area (Å²) in [6.45, 7) is 4.09. The number of ether oxygens (including phenoxy) is 2. The van der Waals surface area contributed by atoms with Gasteiger partial charge in [-0.25, -0.2) is 0 Å². The number of hydrogen-bond donors (Lipinski definition) is 2. The lowest BCUT2D eigenvalue weighted by molar-refractivity contribution is -0.142. The predicted molar refractivity (Wildman–Crippen MR) is 236 cm³/mol. The molecule has 0 spiro atoms. The molecule has 11 heteroatoms. The first-order valence-corrected chi connectivity index (χ1v) is 21.2. The molecule has 0 fully saturated rings. The van der Waals surface area contributed by atoms with Gasteiger partial charge in [0.05, 0.1) is 26.3 Å². The van der Waals surface area contributed by atoms with Crippen molar-refractivity contribution in [1.29, 1.82) is 5.26 Å². The molecular formula is C50H58N4O7. The number of carbonyl (C=O) groups excluding carboxylic acids is 5. The molecule has 61 heavy (non-hydrogen) atoms. The summed E-state index contributed by atoms with van der Waals surface area (Å²) in [6, 6.07) is 26.4. The van der Waals surface area contributed by atoms with Crippen molar-refractivity contribution in [1.82, 2.24) is 10.2 Å². The molecule has 0 saturated carbocycles. The second kappa shape index (κ2) is 21.9. The molecule has 0 radical (unpaired) electrons. The number of nitrogens with zero attached hydrogens (tertiary/aromatic N) is 2. The first-order valence-electron chi connectivity index (χ1n) is 21.2. The first-order chi connectivity index (χ1) is 29.4. The summed E-state index contributed by atoms with van der Waals surface area (Å²) in [5.74, 6) is -2.49. The van der Waals surface area contributed by atoms with E-state index in [9.17, 15) is 29.2 Å². The summed E-state index contributed by atoms with van der Waals surface area (Å²) in [6.07, 6.45) is 3.88. The molecule has 320 valence electrons. The second-order valence-electron chi connectivity index (χ2n) is 15.9. The van der Waals surface area contributed by atoms with Crippen LogP contribution < -0.4 is 20.5 Å². The normalized spacial score (nSPS) is 17.0. The zero-order valence-corrected chi connectivity index (χ0v) is 36.0. The van der Waals surface area contributed by atoms with Gasteiger partial charge in [0.15, 0.2) is 17.3 Å². The summed E-state index contributed by atoms with van der Waals surface area (Å²) < 4.78 is 11.6. The van der Waals surface area contributed by atoms with Crippen molar-refractivity contribution in [2.45, 2.75) is 90.1 Å². The number of hydrogen-bond acceptors (Lipinski definition) is 9. The van der Waals surface area contributed by atoms with Gasteiger partial charge in [0.2, 0.25) is 11.8 Å². The van der Waals surface area contributed by atoms with Crippen molar-refractivity contribution < 1.29 is 33.4 Å². The molecule has 0 aliphatic carbocycles. The Labute approximate surface area is 359 Å². The average Bonchev–Trinajstić information content (AvgIpc) is 3.28. The van der Waals surface area contributed by atoms with Gasteiger partial charge in [-0.15, -0.1) is 0 Å².